The Morgan fingerprint density at radius 2 is 2.26 bits per heavy atom. The van der Waals surface area contributed by atoms with Crippen molar-refractivity contribution in [3.63, 3.8) is 0 Å². The number of piperidine rings is 1. The quantitative estimate of drug-likeness (QED) is 0.542. The molecule has 2 unspecified atom stereocenters. The molecule has 1 N–H and O–H groups in total. The average Bonchev–Trinajstić information content (AvgIpc) is 2.36. The van der Waals surface area contributed by atoms with Gasteiger partial charge in [-0.2, -0.15) is 0 Å². The maximum absolute atomic E-state index is 11.3. The molecule has 1 heterocycles. The average molecular weight is 270 g/mol. The third-order valence-corrected chi connectivity index (χ3v) is 3.83. The van der Waals surface area contributed by atoms with Gasteiger partial charge in [-0.15, -0.1) is 0 Å². The van der Waals surface area contributed by atoms with Crippen LogP contribution in [-0.4, -0.2) is 49.2 Å². The molecule has 0 aromatic carbocycles. The van der Waals surface area contributed by atoms with Crippen LogP contribution in [-0.2, 0) is 9.53 Å². The lowest BCUT2D eigenvalue weighted by molar-refractivity contribution is -0.143. The number of nitrogens with zero attached hydrogens (tertiary/aromatic N) is 1. The summed E-state index contributed by atoms with van der Waals surface area (Å²) in [5, 5.41) is 3.40. The van der Waals surface area contributed by atoms with E-state index in [0.29, 0.717) is 13.0 Å². The fourth-order valence-electron chi connectivity index (χ4n) is 2.66. The Balaban J connectivity index is 2.04. The number of esters is 1. The second-order valence-corrected chi connectivity index (χ2v) is 5.60. The van der Waals surface area contributed by atoms with Crippen LogP contribution in [0.5, 0.6) is 0 Å². The first-order valence-corrected chi connectivity index (χ1v) is 7.76. The number of hydrogen-bond donors (Lipinski definition) is 1. The number of carbonyl (C=O) groups excluding carboxylic acids is 1. The first-order chi connectivity index (χ1) is 9.13. The highest BCUT2D eigenvalue weighted by molar-refractivity contribution is 5.69. The molecule has 1 aliphatic rings. The SMILES string of the molecule is CCOC(=O)CC(C)NCCCN1CCCCC1C. The molecule has 19 heavy (non-hydrogen) atoms. The maximum atomic E-state index is 11.3. The zero-order valence-electron chi connectivity index (χ0n) is 12.8. The van der Waals surface area contributed by atoms with E-state index in [1.807, 2.05) is 13.8 Å². The Morgan fingerprint density at radius 1 is 1.47 bits per heavy atom. The van der Waals surface area contributed by atoms with E-state index in [2.05, 4.69) is 17.1 Å². The molecule has 112 valence electrons. The molecule has 0 aromatic heterocycles. The van der Waals surface area contributed by atoms with Gasteiger partial charge in [-0.1, -0.05) is 6.42 Å². The van der Waals surface area contributed by atoms with Crippen molar-refractivity contribution in [2.24, 2.45) is 0 Å². The van der Waals surface area contributed by atoms with E-state index in [-0.39, 0.29) is 12.0 Å². The number of hydrogen-bond acceptors (Lipinski definition) is 4. The van der Waals surface area contributed by atoms with Gasteiger partial charge in [-0.3, -0.25) is 4.79 Å². The standard InChI is InChI=1S/C15H30N2O2/c1-4-19-15(18)12-13(2)16-9-7-11-17-10-6-5-8-14(17)3/h13-14,16H,4-12H2,1-3H3. The smallest absolute Gasteiger partial charge is 0.307 e. The number of carbonyl (C=O) groups is 1. The molecule has 2 atom stereocenters. The summed E-state index contributed by atoms with van der Waals surface area (Å²) in [7, 11) is 0. The Labute approximate surface area is 117 Å². The van der Waals surface area contributed by atoms with Crippen LogP contribution in [0.15, 0.2) is 0 Å². The van der Waals surface area contributed by atoms with Gasteiger partial charge in [0.15, 0.2) is 0 Å². The van der Waals surface area contributed by atoms with Crippen molar-refractivity contribution in [2.45, 2.75) is 65.0 Å². The van der Waals surface area contributed by atoms with Gasteiger partial charge in [-0.05, 0) is 59.7 Å². The monoisotopic (exact) mass is 270 g/mol. The normalized spacial score (nSPS) is 22.2. The molecule has 1 fully saturated rings. The van der Waals surface area contributed by atoms with Crippen molar-refractivity contribution in [2.75, 3.05) is 26.2 Å². The van der Waals surface area contributed by atoms with Gasteiger partial charge < -0.3 is 15.0 Å². The molecule has 0 saturated carbocycles. The van der Waals surface area contributed by atoms with E-state index in [1.54, 1.807) is 0 Å². The molecule has 0 amide bonds. The minimum atomic E-state index is -0.104. The zero-order valence-corrected chi connectivity index (χ0v) is 12.8. The summed E-state index contributed by atoms with van der Waals surface area (Å²) in [4.78, 5) is 13.9. The third-order valence-electron chi connectivity index (χ3n) is 3.83. The van der Waals surface area contributed by atoms with Crippen molar-refractivity contribution in [1.82, 2.24) is 10.2 Å². The Hall–Kier alpha value is -0.610. The lowest BCUT2D eigenvalue weighted by Gasteiger charge is -2.33. The fourth-order valence-corrected chi connectivity index (χ4v) is 2.66. The predicted molar refractivity (Wildman–Crippen MR) is 78.2 cm³/mol. The number of nitrogens with one attached hydrogen (secondary N) is 1. The van der Waals surface area contributed by atoms with E-state index >= 15 is 0 Å². The van der Waals surface area contributed by atoms with E-state index < -0.39 is 0 Å². The summed E-state index contributed by atoms with van der Waals surface area (Å²) in [6.45, 7) is 10.1. The molecule has 1 saturated heterocycles. The summed E-state index contributed by atoms with van der Waals surface area (Å²) in [6.07, 6.45) is 5.68. The van der Waals surface area contributed by atoms with Gasteiger partial charge in [-0.25, -0.2) is 0 Å². The van der Waals surface area contributed by atoms with Gasteiger partial charge in [0.1, 0.15) is 0 Å². The molecule has 0 spiro atoms. The first-order valence-electron chi connectivity index (χ1n) is 7.76. The highest BCUT2D eigenvalue weighted by Gasteiger charge is 2.17. The Kier molecular flexibility index (Phi) is 8.07. The molecule has 0 radical (unpaired) electrons. The van der Waals surface area contributed by atoms with Crippen molar-refractivity contribution in [3.05, 3.63) is 0 Å². The van der Waals surface area contributed by atoms with Crippen molar-refractivity contribution in [1.29, 1.82) is 0 Å². The van der Waals surface area contributed by atoms with Crippen LogP contribution in [0.1, 0.15) is 52.9 Å². The number of rotatable bonds is 8. The highest BCUT2D eigenvalue weighted by Crippen LogP contribution is 2.16. The topological polar surface area (TPSA) is 41.6 Å². The third kappa shape index (κ3) is 6.92. The largest absolute Gasteiger partial charge is 0.466 e. The van der Waals surface area contributed by atoms with E-state index in [4.69, 9.17) is 4.74 Å². The van der Waals surface area contributed by atoms with Gasteiger partial charge in [0.25, 0.3) is 0 Å². The summed E-state index contributed by atoms with van der Waals surface area (Å²) in [5.41, 5.74) is 0. The van der Waals surface area contributed by atoms with Gasteiger partial charge in [0, 0.05) is 12.1 Å². The molecule has 4 heteroatoms. The van der Waals surface area contributed by atoms with Crippen molar-refractivity contribution >= 4 is 5.97 Å². The van der Waals surface area contributed by atoms with Crippen LogP contribution < -0.4 is 5.32 Å². The molecular formula is C15H30N2O2. The Bertz CT molecular complexity index is 259. The molecule has 0 aliphatic carbocycles. The Morgan fingerprint density at radius 3 is 2.95 bits per heavy atom. The van der Waals surface area contributed by atoms with E-state index in [9.17, 15) is 4.79 Å². The predicted octanol–water partition coefficient (Wildman–Crippen LogP) is 2.18. The molecular weight excluding hydrogens is 240 g/mol. The molecule has 1 aliphatic heterocycles. The summed E-state index contributed by atoms with van der Waals surface area (Å²) >= 11 is 0. The zero-order chi connectivity index (χ0) is 14.1. The first kappa shape index (κ1) is 16.4. The van der Waals surface area contributed by atoms with Crippen LogP contribution in [0, 0.1) is 0 Å². The van der Waals surface area contributed by atoms with Crippen LogP contribution in [0.25, 0.3) is 0 Å². The van der Waals surface area contributed by atoms with E-state index in [1.165, 1.54) is 32.4 Å². The van der Waals surface area contributed by atoms with Gasteiger partial charge in [0.2, 0.25) is 0 Å². The second kappa shape index (κ2) is 9.32. The molecule has 1 rings (SSSR count). The van der Waals surface area contributed by atoms with E-state index in [0.717, 1.165) is 19.0 Å². The molecule has 4 nitrogen and oxygen atoms in total. The second-order valence-electron chi connectivity index (χ2n) is 5.60. The lowest BCUT2D eigenvalue weighted by atomic mass is 10.0. The summed E-state index contributed by atoms with van der Waals surface area (Å²) < 4.78 is 4.94. The van der Waals surface area contributed by atoms with Crippen LogP contribution in [0.3, 0.4) is 0 Å². The minimum Gasteiger partial charge on any atom is -0.466 e. The number of likely N-dealkylation sites (tertiary alicyclic amines) is 1. The highest BCUT2D eigenvalue weighted by atomic mass is 16.5. The lowest BCUT2D eigenvalue weighted by Crippen LogP contribution is -2.39. The maximum Gasteiger partial charge on any atom is 0.307 e. The van der Waals surface area contributed by atoms with Crippen molar-refractivity contribution < 1.29 is 9.53 Å². The minimum absolute atomic E-state index is 0.104. The number of ether oxygens (including phenoxy) is 1. The van der Waals surface area contributed by atoms with Crippen LogP contribution >= 0.6 is 0 Å². The molecule has 0 bridgehead atoms. The van der Waals surface area contributed by atoms with Crippen LogP contribution in [0.4, 0.5) is 0 Å². The van der Waals surface area contributed by atoms with Crippen molar-refractivity contribution in [3.8, 4) is 0 Å². The fraction of sp³-hybridized carbons (Fsp3) is 0.933. The van der Waals surface area contributed by atoms with Gasteiger partial charge in [0.05, 0.1) is 13.0 Å². The van der Waals surface area contributed by atoms with Crippen LogP contribution in [0.2, 0.25) is 0 Å². The van der Waals surface area contributed by atoms with Gasteiger partial charge >= 0.3 is 5.97 Å². The summed E-state index contributed by atoms with van der Waals surface area (Å²) in [5.74, 6) is -0.104. The molecule has 0 aromatic rings. The summed E-state index contributed by atoms with van der Waals surface area (Å²) in [6, 6.07) is 0.948.